The molecule has 5 aliphatic rings. The lowest BCUT2D eigenvalue weighted by molar-refractivity contribution is -0.143. The smallest absolute Gasteiger partial charge is 0.270 e. The summed E-state index contributed by atoms with van der Waals surface area (Å²) in [4.78, 5) is 41.5. The maximum absolute atomic E-state index is 12.7. The van der Waals surface area contributed by atoms with E-state index in [1.807, 2.05) is 0 Å². The predicted octanol–water partition coefficient (Wildman–Crippen LogP) is 0.779. The minimum atomic E-state index is -0.460. The van der Waals surface area contributed by atoms with Crippen molar-refractivity contribution < 1.29 is 14.4 Å². The fraction of sp³-hybridized carbons (Fsp3) is 0.412. The van der Waals surface area contributed by atoms with E-state index in [0.29, 0.717) is 17.4 Å². The molecule has 2 heterocycles. The van der Waals surface area contributed by atoms with Crippen molar-refractivity contribution in [2.75, 3.05) is 0 Å². The average molecular weight is 309 g/mol. The molecule has 6 atom stereocenters. The van der Waals surface area contributed by atoms with Gasteiger partial charge in [-0.1, -0.05) is 12.2 Å². The van der Waals surface area contributed by atoms with Gasteiger partial charge in [-0.05, 0) is 42.2 Å². The Hall–Kier alpha value is -2.50. The van der Waals surface area contributed by atoms with Crippen LogP contribution in [0.15, 0.2) is 36.7 Å². The van der Waals surface area contributed by atoms with E-state index >= 15 is 0 Å². The van der Waals surface area contributed by atoms with Crippen molar-refractivity contribution in [3.63, 3.8) is 0 Å². The monoisotopic (exact) mass is 309 g/mol. The Balaban J connectivity index is 1.42. The van der Waals surface area contributed by atoms with Crippen LogP contribution in [0.4, 0.5) is 0 Å². The van der Waals surface area contributed by atoms with Gasteiger partial charge < -0.3 is 0 Å². The normalized spacial score (nSPS) is 39.2. The molecule has 23 heavy (non-hydrogen) atoms. The zero-order valence-electron chi connectivity index (χ0n) is 12.3. The second-order valence-electron chi connectivity index (χ2n) is 6.84. The van der Waals surface area contributed by atoms with E-state index in [0.717, 1.165) is 11.4 Å². The fourth-order valence-corrected chi connectivity index (χ4v) is 4.74. The van der Waals surface area contributed by atoms with Crippen LogP contribution in [0.1, 0.15) is 16.8 Å². The molecule has 1 saturated heterocycles. The average Bonchev–Trinajstić information content (AvgIpc) is 3.37. The lowest BCUT2D eigenvalue weighted by Gasteiger charge is -2.37. The zero-order valence-corrected chi connectivity index (χ0v) is 12.3. The molecule has 1 N–H and O–H groups in total. The van der Waals surface area contributed by atoms with Crippen molar-refractivity contribution >= 4 is 17.7 Å². The van der Waals surface area contributed by atoms with Crippen LogP contribution in [-0.2, 0) is 9.59 Å². The first kappa shape index (κ1) is 13.0. The Morgan fingerprint density at radius 3 is 2.17 bits per heavy atom. The number of hydrogen-bond donors (Lipinski definition) is 1. The van der Waals surface area contributed by atoms with Gasteiger partial charge in [-0.2, -0.15) is 5.01 Å². The summed E-state index contributed by atoms with van der Waals surface area (Å²) < 4.78 is 0. The highest BCUT2D eigenvalue weighted by Crippen LogP contribution is 2.65. The Bertz CT molecular complexity index is 724. The number of nitrogens with one attached hydrogen (secondary N) is 1. The van der Waals surface area contributed by atoms with Gasteiger partial charge in [0.15, 0.2) is 0 Å². The number of imide groups is 1. The van der Waals surface area contributed by atoms with Crippen LogP contribution < -0.4 is 5.43 Å². The molecule has 2 saturated carbocycles. The van der Waals surface area contributed by atoms with Gasteiger partial charge in [-0.15, -0.1) is 0 Å². The van der Waals surface area contributed by atoms with Gasteiger partial charge in [0.1, 0.15) is 0 Å². The second kappa shape index (κ2) is 4.28. The number of carbonyl (C=O) groups excluding carboxylic acids is 3. The Morgan fingerprint density at radius 2 is 1.61 bits per heavy atom. The summed E-state index contributed by atoms with van der Waals surface area (Å²) in [5.74, 6) is -0.128. The Morgan fingerprint density at radius 1 is 1.04 bits per heavy atom. The van der Waals surface area contributed by atoms with Crippen LogP contribution in [0.25, 0.3) is 0 Å². The molecule has 116 valence electrons. The van der Waals surface area contributed by atoms with Crippen molar-refractivity contribution in [3.05, 3.63) is 42.2 Å². The quantitative estimate of drug-likeness (QED) is 0.647. The molecule has 0 spiro atoms. The van der Waals surface area contributed by atoms with Gasteiger partial charge in [0.25, 0.3) is 17.7 Å². The number of carbonyl (C=O) groups is 3. The molecule has 3 amide bonds. The van der Waals surface area contributed by atoms with Crippen LogP contribution in [0.3, 0.4) is 0 Å². The fourth-order valence-electron chi connectivity index (χ4n) is 4.74. The standard InChI is InChI=1S/C17H15N3O3/c21-15(8-3-5-18-6-4-8)19-20-16(22)13-9-1-2-10(12-7-11(9)12)14(13)17(20)23/h1-6,9-14H,7H2,(H,19,21)/t9-,10-,11-,12-,13-,14+/m1/s1. The Labute approximate surface area is 132 Å². The van der Waals surface area contributed by atoms with E-state index < -0.39 is 5.91 Å². The third-order valence-electron chi connectivity index (χ3n) is 5.82. The lowest BCUT2D eigenvalue weighted by Crippen LogP contribution is -2.46. The van der Waals surface area contributed by atoms with Crippen LogP contribution in [0, 0.1) is 35.5 Å². The van der Waals surface area contributed by atoms with Gasteiger partial charge in [0.05, 0.1) is 11.8 Å². The minimum absolute atomic E-state index is 0.161. The number of pyridine rings is 1. The number of hydrazine groups is 1. The molecule has 4 aliphatic carbocycles. The summed E-state index contributed by atoms with van der Waals surface area (Å²) >= 11 is 0. The summed E-state index contributed by atoms with van der Waals surface area (Å²) in [6, 6.07) is 3.10. The number of aromatic nitrogens is 1. The number of rotatable bonds is 2. The minimum Gasteiger partial charge on any atom is -0.272 e. The van der Waals surface area contributed by atoms with Crippen molar-refractivity contribution in [1.29, 1.82) is 0 Å². The van der Waals surface area contributed by atoms with Crippen molar-refractivity contribution in [2.24, 2.45) is 35.5 Å². The van der Waals surface area contributed by atoms with Crippen LogP contribution in [-0.4, -0.2) is 27.7 Å². The molecular weight excluding hydrogens is 294 g/mol. The first-order valence-corrected chi connectivity index (χ1v) is 7.94. The highest BCUT2D eigenvalue weighted by atomic mass is 16.2. The van der Waals surface area contributed by atoms with Gasteiger partial charge in [-0.25, -0.2) is 0 Å². The van der Waals surface area contributed by atoms with Crippen molar-refractivity contribution in [2.45, 2.75) is 6.42 Å². The van der Waals surface area contributed by atoms with Crippen LogP contribution >= 0.6 is 0 Å². The highest BCUT2D eigenvalue weighted by Gasteiger charge is 2.67. The topological polar surface area (TPSA) is 79.4 Å². The molecule has 1 aliphatic heterocycles. The van der Waals surface area contributed by atoms with Gasteiger partial charge in [0, 0.05) is 18.0 Å². The van der Waals surface area contributed by atoms with E-state index in [4.69, 9.17) is 0 Å². The van der Waals surface area contributed by atoms with Crippen molar-refractivity contribution in [1.82, 2.24) is 15.4 Å². The molecule has 1 aromatic rings. The third kappa shape index (κ3) is 1.63. The largest absolute Gasteiger partial charge is 0.272 e. The van der Waals surface area contributed by atoms with Crippen LogP contribution in [0.5, 0.6) is 0 Å². The molecule has 0 unspecified atom stereocenters. The summed E-state index contributed by atoms with van der Waals surface area (Å²) in [5.41, 5.74) is 2.86. The third-order valence-corrected chi connectivity index (χ3v) is 5.82. The molecule has 1 aromatic heterocycles. The zero-order chi connectivity index (χ0) is 15.7. The molecule has 3 fully saturated rings. The summed E-state index contributed by atoms with van der Waals surface area (Å²) in [6.07, 6.45) is 8.35. The van der Waals surface area contributed by atoms with E-state index in [1.165, 1.54) is 12.4 Å². The summed E-state index contributed by atoms with van der Waals surface area (Å²) in [5, 5.41) is 0.954. The first-order valence-electron chi connectivity index (χ1n) is 7.94. The maximum atomic E-state index is 12.7. The van der Waals surface area contributed by atoms with Crippen LogP contribution in [0.2, 0.25) is 0 Å². The maximum Gasteiger partial charge on any atom is 0.270 e. The SMILES string of the molecule is O=C(NN1C(=O)[C@@H]2[C@@H]3C=C[C@H]([C@H]4C[C@H]34)[C@@H]2C1=O)c1ccncc1. The van der Waals surface area contributed by atoms with Gasteiger partial charge in [-0.3, -0.25) is 24.8 Å². The molecule has 6 rings (SSSR count). The van der Waals surface area contributed by atoms with Gasteiger partial charge >= 0.3 is 0 Å². The van der Waals surface area contributed by atoms with E-state index in [9.17, 15) is 14.4 Å². The van der Waals surface area contributed by atoms with E-state index in [2.05, 4.69) is 22.6 Å². The van der Waals surface area contributed by atoms with E-state index in [-0.39, 0.29) is 35.5 Å². The summed E-state index contributed by atoms with van der Waals surface area (Å²) in [6.45, 7) is 0. The van der Waals surface area contributed by atoms with Crippen molar-refractivity contribution in [3.8, 4) is 0 Å². The first-order chi connectivity index (χ1) is 11.2. The Kier molecular flexibility index (Phi) is 2.42. The molecule has 0 radical (unpaired) electrons. The second-order valence-corrected chi connectivity index (χ2v) is 6.84. The summed E-state index contributed by atoms with van der Waals surface area (Å²) in [7, 11) is 0. The van der Waals surface area contributed by atoms with E-state index in [1.54, 1.807) is 12.1 Å². The number of hydrogen-bond acceptors (Lipinski definition) is 4. The molecule has 2 bridgehead atoms. The number of amides is 3. The predicted molar refractivity (Wildman–Crippen MR) is 78.3 cm³/mol. The highest BCUT2D eigenvalue weighted by molar-refractivity contribution is 6.08. The lowest BCUT2D eigenvalue weighted by atomic mass is 9.63. The molecular formula is C17H15N3O3. The number of allylic oxidation sites excluding steroid dienone is 2. The number of nitrogens with zero attached hydrogens (tertiary/aromatic N) is 2. The molecule has 0 aromatic carbocycles. The molecule has 6 nitrogen and oxygen atoms in total. The van der Waals surface area contributed by atoms with Gasteiger partial charge in [0.2, 0.25) is 0 Å². The molecule has 6 heteroatoms.